The highest BCUT2D eigenvalue weighted by atomic mass is 16.5. The number of para-hydroxylation sites is 1. The summed E-state index contributed by atoms with van der Waals surface area (Å²) in [6.45, 7) is 0.883. The van der Waals surface area contributed by atoms with Crippen molar-refractivity contribution in [3.63, 3.8) is 0 Å². The first-order valence-electron chi connectivity index (χ1n) is 11.4. The molecule has 2 saturated heterocycles. The Labute approximate surface area is 189 Å². The number of carbonyl (C=O) groups is 1. The fourth-order valence-electron chi connectivity index (χ4n) is 5.51. The van der Waals surface area contributed by atoms with E-state index in [4.69, 9.17) is 9.47 Å². The molecule has 164 valence electrons. The van der Waals surface area contributed by atoms with Gasteiger partial charge in [-0.2, -0.15) is 0 Å². The molecule has 4 nitrogen and oxygen atoms in total. The van der Waals surface area contributed by atoms with Gasteiger partial charge < -0.3 is 9.47 Å². The minimum Gasteiger partial charge on any atom is -0.496 e. The highest BCUT2D eigenvalue weighted by Gasteiger charge is 2.50. The highest BCUT2D eigenvalue weighted by molar-refractivity contribution is 5.89. The van der Waals surface area contributed by atoms with Crippen LogP contribution in [0.4, 0.5) is 0 Å². The van der Waals surface area contributed by atoms with E-state index in [1.165, 1.54) is 5.56 Å². The molecular formula is C28H29NO3. The van der Waals surface area contributed by atoms with E-state index in [2.05, 4.69) is 41.3 Å². The number of carbonyl (C=O) groups excluding carboxylic acids is 1. The first-order valence-corrected chi connectivity index (χ1v) is 11.4. The number of fused-ring (bicyclic) bond motifs is 2. The number of hydrogen-bond acceptors (Lipinski definition) is 4. The van der Waals surface area contributed by atoms with Crippen LogP contribution in [0.15, 0.2) is 84.9 Å². The summed E-state index contributed by atoms with van der Waals surface area (Å²) in [6.07, 6.45) is 2.90. The second kappa shape index (κ2) is 9.17. The lowest BCUT2D eigenvalue weighted by atomic mass is 9.81. The molecule has 2 aliphatic heterocycles. The Hall–Kier alpha value is -3.11. The summed E-state index contributed by atoms with van der Waals surface area (Å²) in [5.41, 5.74) is 3.03. The molecule has 0 N–H and O–H groups in total. The minimum absolute atomic E-state index is 0.114. The van der Waals surface area contributed by atoms with E-state index < -0.39 is 0 Å². The van der Waals surface area contributed by atoms with E-state index in [9.17, 15) is 4.79 Å². The fourth-order valence-corrected chi connectivity index (χ4v) is 5.51. The molecule has 2 fully saturated rings. The molecule has 2 heterocycles. The average Bonchev–Trinajstić information content (AvgIpc) is 3.13. The van der Waals surface area contributed by atoms with Gasteiger partial charge in [0, 0.05) is 30.1 Å². The van der Waals surface area contributed by atoms with E-state index in [0.717, 1.165) is 37.1 Å². The molecule has 0 unspecified atom stereocenters. The smallest absolute Gasteiger partial charge is 0.338 e. The van der Waals surface area contributed by atoms with E-state index in [1.807, 2.05) is 48.5 Å². The summed E-state index contributed by atoms with van der Waals surface area (Å²) in [5, 5.41) is 0. The molecule has 0 saturated carbocycles. The Balaban J connectivity index is 1.48. The molecule has 0 spiro atoms. The normalized spacial score (nSPS) is 24.8. The number of methoxy groups -OCH3 is 1. The SMILES string of the molecule is COc1ccccc1[C@@H]1C[C@H]2CC[C@@H]([C@H]1OC(=O)c1ccccc1)N2Cc1ccccc1. The first-order chi connectivity index (χ1) is 15.7. The monoisotopic (exact) mass is 427 g/mol. The van der Waals surface area contributed by atoms with Crippen molar-refractivity contribution in [3.05, 3.63) is 102 Å². The third-order valence-corrected chi connectivity index (χ3v) is 6.99. The number of esters is 1. The van der Waals surface area contributed by atoms with E-state index in [0.29, 0.717) is 11.6 Å². The van der Waals surface area contributed by atoms with Crippen molar-refractivity contribution in [2.24, 2.45) is 0 Å². The summed E-state index contributed by atoms with van der Waals surface area (Å²) < 4.78 is 12.0. The van der Waals surface area contributed by atoms with Crippen LogP contribution in [-0.2, 0) is 11.3 Å². The highest BCUT2D eigenvalue weighted by Crippen LogP contribution is 2.47. The van der Waals surface area contributed by atoms with Crippen LogP contribution in [0.1, 0.15) is 46.7 Å². The zero-order valence-corrected chi connectivity index (χ0v) is 18.4. The van der Waals surface area contributed by atoms with Crippen LogP contribution in [0.5, 0.6) is 5.75 Å². The Morgan fingerprint density at radius 1 is 0.906 bits per heavy atom. The molecule has 32 heavy (non-hydrogen) atoms. The Bertz CT molecular complexity index is 1050. The minimum atomic E-state index is -0.250. The Morgan fingerprint density at radius 2 is 1.59 bits per heavy atom. The molecule has 2 aliphatic rings. The predicted molar refractivity (Wildman–Crippen MR) is 125 cm³/mol. The van der Waals surface area contributed by atoms with Crippen LogP contribution in [0.3, 0.4) is 0 Å². The van der Waals surface area contributed by atoms with Gasteiger partial charge in [-0.15, -0.1) is 0 Å². The number of ether oxygens (including phenoxy) is 2. The second-order valence-corrected chi connectivity index (χ2v) is 8.78. The van der Waals surface area contributed by atoms with Crippen molar-refractivity contribution in [3.8, 4) is 5.75 Å². The standard InChI is InChI=1S/C28H29NO3/c1-31-26-15-9-8-14-23(26)24-18-22-16-17-25(29(22)19-20-10-4-2-5-11-20)27(24)32-28(30)21-12-6-3-7-13-21/h2-15,22,24-25,27H,16-19H2,1H3/t22-,24+,25+,27+/m1/s1. The summed E-state index contributed by atoms with van der Waals surface area (Å²) in [6, 6.07) is 28.7. The lowest BCUT2D eigenvalue weighted by molar-refractivity contribution is -0.0345. The van der Waals surface area contributed by atoms with E-state index >= 15 is 0 Å². The summed E-state index contributed by atoms with van der Waals surface area (Å²) in [4.78, 5) is 15.7. The molecule has 0 aliphatic carbocycles. The van der Waals surface area contributed by atoms with Crippen molar-refractivity contribution in [2.75, 3.05) is 7.11 Å². The number of nitrogens with zero attached hydrogens (tertiary/aromatic N) is 1. The second-order valence-electron chi connectivity index (χ2n) is 8.78. The number of piperidine rings is 1. The van der Waals surface area contributed by atoms with E-state index in [1.54, 1.807) is 7.11 Å². The maximum absolute atomic E-state index is 13.1. The third kappa shape index (κ3) is 4.03. The molecule has 0 aromatic heterocycles. The molecule has 3 aromatic rings. The van der Waals surface area contributed by atoms with Crippen molar-refractivity contribution >= 4 is 5.97 Å². The molecule has 4 atom stereocenters. The molecule has 2 bridgehead atoms. The average molecular weight is 428 g/mol. The zero-order valence-electron chi connectivity index (χ0n) is 18.4. The van der Waals surface area contributed by atoms with Gasteiger partial charge in [-0.05, 0) is 43.0 Å². The summed E-state index contributed by atoms with van der Waals surface area (Å²) in [7, 11) is 1.71. The number of benzene rings is 3. The number of rotatable bonds is 6. The topological polar surface area (TPSA) is 38.8 Å². The maximum Gasteiger partial charge on any atom is 0.338 e. The first kappa shape index (κ1) is 20.8. The summed E-state index contributed by atoms with van der Waals surface area (Å²) >= 11 is 0. The van der Waals surface area contributed by atoms with Crippen molar-refractivity contribution in [2.45, 2.75) is 49.9 Å². The largest absolute Gasteiger partial charge is 0.496 e. The lowest BCUT2D eigenvalue weighted by Gasteiger charge is -2.44. The van der Waals surface area contributed by atoms with Crippen LogP contribution in [-0.4, -0.2) is 36.2 Å². The van der Waals surface area contributed by atoms with Crippen LogP contribution in [0.25, 0.3) is 0 Å². The predicted octanol–water partition coefficient (Wildman–Crippen LogP) is 5.44. The zero-order chi connectivity index (χ0) is 21.9. The van der Waals surface area contributed by atoms with Gasteiger partial charge in [0.05, 0.1) is 12.7 Å². The Morgan fingerprint density at radius 3 is 2.34 bits per heavy atom. The van der Waals surface area contributed by atoms with Crippen LogP contribution >= 0.6 is 0 Å². The van der Waals surface area contributed by atoms with Gasteiger partial charge in [-0.3, -0.25) is 4.90 Å². The van der Waals surface area contributed by atoms with Gasteiger partial charge in [-0.1, -0.05) is 66.7 Å². The molecule has 5 rings (SSSR count). The van der Waals surface area contributed by atoms with Crippen molar-refractivity contribution < 1.29 is 14.3 Å². The van der Waals surface area contributed by atoms with Crippen molar-refractivity contribution in [1.29, 1.82) is 0 Å². The fraction of sp³-hybridized carbons (Fsp3) is 0.321. The Kier molecular flexibility index (Phi) is 5.95. The molecule has 0 radical (unpaired) electrons. The van der Waals surface area contributed by atoms with Crippen LogP contribution in [0.2, 0.25) is 0 Å². The van der Waals surface area contributed by atoms with Crippen LogP contribution < -0.4 is 4.74 Å². The third-order valence-electron chi connectivity index (χ3n) is 6.99. The van der Waals surface area contributed by atoms with Crippen LogP contribution in [0, 0.1) is 0 Å². The lowest BCUT2D eigenvalue weighted by Crippen LogP contribution is -2.52. The molecule has 3 aromatic carbocycles. The molecule has 0 amide bonds. The van der Waals surface area contributed by atoms with Gasteiger partial charge in [0.2, 0.25) is 0 Å². The van der Waals surface area contributed by atoms with Gasteiger partial charge in [0.15, 0.2) is 0 Å². The number of hydrogen-bond donors (Lipinski definition) is 0. The molecule has 4 heteroatoms. The van der Waals surface area contributed by atoms with E-state index in [-0.39, 0.29) is 24.0 Å². The van der Waals surface area contributed by atoms with Gasteiger partial charge in [0.1, 0.15) is 11.9 Å². The quantitative estimate of drug-likeness (QED) is 0.491. The van der Waals surface area contributed by atoms with Gasteiger partial charge in [-0.25, -0.2) is 4.79 Å². The maximum atomic E-state index is 13.1. The summed E-state index contributed by atoms with van der Waals surface area (Å²) in [5.74, 6) is 0.734. The van der Waals surface area contributed by atoms with Gasteiger partial charge >= 0.3 is 5.97 Å². The van der Waals surface area contributed by atoms with Gasteiger partial charge in [0.25, 0.3) is 0 Å². The van der Waals surface area contributed by atoms with Crippen molar-refractivity contribution in [1.82, 2.24) is 4.90 Å². The molecular weight excluding hydrogens is 398 g/mol.